The number of pyridine rings is 1. The van der Waals surface area contributed by atoms with Crippen LogP contribution in [0.15, 0.2) is 35.3 Å². The first-order valence-corrected chi connectivity index (χ1v) is 8.86. The normalized spacial score (nSPS) is 15.0. The number of aromatic amines is 1. The van der Waals surface area contributed by atoms with Crippen molar-refractivity contribution in [2.75, 3.05) is 23.4 Å². The van der Waals surface area contributed by atoms with Crippen LogP contribution < -0.4 is 15.8 Å². The summed E-state index contributed by atoms with van der Waals surface area (Å²) in [6.45, 7) is 2.45. The number of cyclic esters (lactones) is 1. The monoisotopic (exact) mass is 403 g/mol. The molecule has 2 aromatic heterocycles. The van der Waals surface area contributed by atoms with Gasteiger partial charge in [0.05, 0.1) is 18.1 Å². The Hall–Kier alpha value is -3.20. The van der Waals surface area contributed by atoms with Crippen molar-refractivity contribution in [1.29, 1.82) is 0 Å². The van der Waals surface area contributed by atoms with Crippen molar-refractivity contribution >= 4 is 40.4 Å². The first-order valence-electron chi connectivity index (χ1n) is 8.48. The molecule has 1 aliphatic rings. The molecule has 0 bridgehead atoms. The lowest BCUT2D eigenvalue weighted by atomic mass is 10.1. The minimum absolute atomic E-state index is 0.0937. The van der Waals surface area contributed by atoms with Crippen LogP contribution in [0.2, 0.25) is 5.02 Å². The number of aromatic nitrogens is 3. The van der Waals surface area contributed by atoms with Gasteiger partial charge < -0.3 is 15.0 Å². The van der Waals surface area contributed by atoms with E-state index in [2.05, 4.69) is 20.3 Å². The van der Waals surface area contributed by atoms with E-state index in [0.29, 0.717) is 29.9 Å². The number of nitrogens with zero attached hydrogens (tertiary/aromatic N) is 3. The fourth-order valence-electron chi connectivity index (χ4n) is 3.02. The molecule has 1 aliphatic heterocycles. The van der Waals surface area contributed by atoms with Crippen LogP contribution >= 0.6 is 11.6 Å². The topological polar surface area (TPSA) is 100 Å². The lowest BCUT2D eigenvalue weighted by Gasteiger charge is -2.16. The summed E-state index contributed by atoms with van der Waals surface area (Å²) in [5.74, 6) is 0.0373. The van der Waals surface area contributed by atoms with Crippen molar-refractivity contribution in [3.63, 3.8) is 0 Å². The number of nitrogens with one attached hydrogen (secondary N) is 2. The molecule has 1 fully saturated rings. The van der Waals surface area contributed by atoms with Gasteiger partial charge in [-0.15, -0.1) is 0 Å². The van der Waals surface area contributed by atoms with E-state index < -0.39 is 23.5 Å². The van der Waals surface area contributed by atoms with Gasteiger partial charge in [-0.3, -0.25) is 9.69 Å². The number of H-pyrrole nitrogens is 1. The maximum absolute atomic E-state index is 14.0. The number of amides is 1. The van der Waals surface area contributed by atoms with Gasteiger partial charge in [-0.25, -0.2) is 14.2 Å². The fourth-order valence-corrected chi connectivity index (χ4v) is 3.23. The highest BCUT2D eigenvalue weighted by Gasteiger charge is 2.25. The second-order valence-corrected chi connectivity index (χ2v) is 6.71. The van der Waals surface area contributed by atoms with Crippen LogP contribution in [0.25, 0.3) is 10.9 Å². The van der Waals surface area contributed by atoms with Gasteiger partial charge in [0.15, 0.2) is 0 Å². The molecule has 3 aromatic rings. The molecule has 0 saturated carbocycles. The third kappa shape index (κ3) is 3.36. The van der Waals surface area contributed by atoms with E-state index >= 15 is 0 Å². The summed E-state index contributed by atoms with van der Waals surface area (Å²) in [5, 5.41) is 3.73. The predicted octanol–water partition coefficient (Wildman–Crippen LogP) is 3.24. The summed E-state index contributed by atoms with van der Waals surface area (Å²) in [6, 6.07) is 5.39. The van der Waals surface area contributed by atoms with E-state index in [-0.39, 0.29) is 16.5 Å². The molecule has 0 aliphatic carbocycles. The minimum atomic E-state index is -0.597. The van der Waals surface area contributed by atoms with E-state index in [1.165, 1.54) is 11.1 Å². The maximum atomic E-state index is 14.0. The van der Waals surface area contributed by atoms with E-state index in [4.69, 9.17) is 16.3 Å². The van der Waals surface area contributed by atoms with Crippen LogP contribution in [0.3, 0.4) is 0 Å². The average Bonchev–Trinajstić information content (AvgIpc) is 3.08. The van der Waals surface area contributed by atoms with Crippen molar-refractivity contribution in [1.82, 2.24) is 15.0 Å². The van der Waals surface area contributed by atoms with Gasteiger partial charge in [-0.05, 0) is 31.2 Å². The second kappa shape index (κ2) is 7.08. The molecule has 0 unspecified atom stereocenters. The molecule has 4 rings (SSSR count). The highest BCUT2D eigenvalue weighted by atomic mass is 35.5. The SMILES string of the molecule is C[C@H](Nc1nccc(N2CCOC2=O)n1)c1cc2cc(Cl)cc(F)c2[nH]c1=O. The summed E-state index contributed by atoms with van der Waals surface area (Å²) in [4.78, 5) is 36.5. The van der Waals surface area contributed by atoms with Crippen LogP contribution in [0.5, 0.6) is 0 Å². The van der Waals surface area contributed by atoms with Crippen LogP contribution in [0, 0.1) is 5.82 Å². The second-order valence-electron chi connectivity index (χ2n) is 6.28. The molecule has 2 N–H and O–H groups in total. The first-order chi connectivity index (χ1) is 13.4. The van der Waals surface area contributed by atoms with Crippen LogP contribution in [-0.4, -0.2) is 34.2 Å². The van der Waals surface area contributed by atoms with Crippen molar-refractivity contribution in [3.05, 3.63) is 57.2 Å². The summed E-state index contributed by atoms with van der Waals surface area (Å²) < 4.78 is 18.9. The predicted molar refractivity (Wildman–Crippen MR) is 102 cm³/mol. The van der Waals surface area contributed by atoms with Gasteiger partial charge in [0, 0.05) is 22.2 Å². The lowest BCUT2D eigenvalue weighted by molar-refractivity contribution is 0.181. The average molecular weight is 404 g/mol. The van der Waals surface area contributed by atoms with E-state index in [1.807, 2.05) is 0 Å². The number of anilines is 2. The molecular formula is C18H15ClFN5O3. The molecular weight excluding hydrogens is 389 g/mol. The Balaban J connectivity index is 1.63. The Morgan fingerprint density at radius 2 is 2.18 bits per heavy atom. The maximum Gasteiger partial charge on any atom is 0.415 e. The smallest absolute Gasteiger partial charge is 0.415 e. The molecule has 10 heteroatoms. The van der Waals surface area contributed by atoms with Crippen LogP contribution in [0.4, 0.5) is 21.0 Å². The Morgan fingerprint density at radius 1 is 1.36 bits per heavy atom. The van der Waals surface area contributed by atoms with Crippen LogP contribution in [-0.2, 0) is 4.74 Å². The zero-order valence-corrected chi connectivity index (χ0v) is 15.5. The number of hydrogen-bond donors (Lipinski definition) is 2. The highest BCUT2D eigenvalue weighted by Crippen LogP contribution is 2.24. The molecule has 0 spiro atoms. The zero-order chi connectivity index (χ0) is 19.8. The largest absolute Gasteiger partial charge is 0.447 e. The molecule has 1 aromatic carbocycles. The van der Waals surface area contributed by atoms with Crippen molar-refractivity contribution in [3.8, 4) is 0 Å². The van der Waals surface area contributed by atoms with Gasteiger partial charge in [0.25, 0.3) is 5.56 Å². The van der Waals surface area contributed by atoms with E-state index in [1.54, 1.807) is 25.1 Å². The summed E-state index contributed by atoms with van der Waals surface area (Å²) >= 11 is 5.91. The number of fused-ring (bicyclic) bond motifs is 1. The number of hydrogen-bond acceptors (Lipinski definition) is 6. The quantitative estimate of drug-likeness (QED) is 0.693. The number of halogens is 2. The first kappa shape index (κ1) is 18.2. The van der Waals surface area contributed by atoms with Crippen molar-refractivity contribution < 1.29 is 13.9 Å². The van der Waals surface area contributed by atoms with Gasteiger partial charge in [-0.1, -0.05) is 11.6 Å². The van der Waals surface area contributed by atoms with Gasteiger partial charge in [0.2, 0.25) is 5.95 Å². The molecule has 1 atom stereocenters. The number of carbonyl (C=O) groups is 1. The molecule has 0 radical (unpaired) electrons. The molecule has 144 valence electrons. The molecule has 1 saturated heterocycles. The van der Waals surface area contributed by atoms with E-state index in [0.717, 1.165) is 6.07 Å². The summed E-state index contributed by atoms with van der Waals surface area (Å²) in [6.07, 6.45) is 1.03. The lowest BCUT2D eigenvalue weighted by Crippen LogP contribution is -2.25. The van der Waals surface area contributed by atoms with Gasteiger partial charge in [-0.2, -0.15) is 4.98 Å². The van der Waals surface area contributed by atoms with E-state index in [9.17, 15) is 14.0 Å². The summed E-state index contributed by atoms with van der Waals surface area (Å²) in [5.41, 5.74) is 0.0212. The van der Waals surface area contributed by atoms with Crippen molar-refractivity contribution in [2.45, 2.75) is 13.0 Å². The van der Waals surface area contributed by atoms with Crippen LogP contribution in [0.1, 0.15) is 18.5 Å². The zero-order valence-electron chi connectivity index (χ0n) is 14.7. The third-order valence-corrected chi connectivity index (χ3v) is 4.61. The van der Waals surface area contributed by atoms with Crippen molar-refractivity contribution in [2.24, 2.45) is 0 Å². The number of ether oxygens (including phenoxy) is 1. The Morgan fingerprint density at radius 3 is 2.93 bits per heavy atom. The number of rotatable bonds is 4. The highest BCUT2D eigenvalue weighted by molar-refractivity contribution is 6.31. The standard InChI is InChI=1S/C18H15ClFN5O3/c1-9(12-7-10-6-11(19)8-13(20)15(10)24-16(12)26)22-17-21-3-2-14(23-17)25-4-5-28-18(25)27/h2-3,6-9H,4-5H2,1H3,(H,24,26)(H,21,22,23)/t9-/m0/s1. The fraction of sp³-hybridized carbons (Fsp3) is 0.222. The minimum Gasteiger partial charge on any atom is -0.447 e. The third-order valence-electron chi connectivity index (χ3n) is 4.39. The molecule has 8 nitrogen and oxygen atoms in total. The Bertz CT molecular complexity index is 1140. The molecule has 3 heterocycles. The molecule has 1 amide bonds. The Labute approximate surface area is 163 Å². The number of carbonyl (C=O) groups excluding carboxylic acids is 1. The molecule has 28 heavy (non-hydrogen) atoms. The van der Waals surface area contributed by atoms with Gasteiger partial charge in [0.1, 0.15) is 18.2 Å². The number of benzene rings is 1. The van der Waals surface area contributed by atoms with Gasteiger partial charge >= 0.3 is 6.09 Å². The summed E-state index contributed by atoms with van der Waals surface area (Å²) in [7, 11) is 0. The Kier molecular flexibility index (Phi) is 4.60.